The van der Waals surface area contributed by atoms with Gasteiger partial charge in [-0.15, -0.1) is 0 Å². The van der Waals surface area contributed by atoms with Crippen molar-refractivity contribution in [2.45, 2.75) is 6.42 Å². The van der Waals surface area contributed by atoms with Crippen LogP contribution < -0.4 is 11.1 Å². The summed E-state index contributed by atoms with van der Waals surface area (Å²) in [4.78, 5) is 16.5. The van der Waals surface area contributed by atoms with Gasteiger partial charge in [0.2, 0.25) is 5.91 Å². The van der Waals surface area contributed by atoms with E-state index in [0.29, 0.717) is 12.2 Å². The number of anilines is 1. The number of benzene rings is 1. The molecule has 0 aliphatic carbocycles. The molecule has 1 aromatic carbocycles. The van der Waals surface area contributed by atoms with E-state index in [-0.39, 0.29) is 11.7 Å². The summed E-state index contributed by atoms with van der Waals surface area (Å²) in [6.45, 7) is 5.87. The maximum Gasteiger partial charge on any atom is 0.238 e. The van der Waals surface area contributed by atoms with Gasteiger partial charge in [-0.2, -0.15) is 0 Å². The summed E-state index contributed by atoms with van der Waals surface area (Å²) in [5.74, 6) is -0.362. The maximum atomic E-state index is 12.8. The number of hydrogen-bond acceptors (Lipinski definition) is 4. The SMILES string of the molecule is NCCCN1CCN(CC(=O)Nc2ccc(F)cc2)CC1. The standard InChI is InChI=1S/C15H23FN4O/c16-13-2-4-14(5-3-13)18-15(21)12-20-10-8-19(9-11-20)7-1-6-17/h2-5H,1,6-12,17H2,(H,18,21). The molecule has 2 rings (SSSR count). The van der Waals surface area contributed by atoms with Crippen molar-refractivity contribution in [1.82, 2.24) is 9.80 Å². The Morgan fingerprint density at radius 3 is 2.38 bits per heavy atom. The Morgan fingerprint density at radius 2 is 1.76 bits per heavy atom. The van der Waals surface area contributed by atoms with Crippen LogP contribution in [-0.2, 0) is 4.79 Å². The highest BCUT2D eigenvalue weighted by Crippen LogP contribution is 2.08. The number of rotatable bonds is 6. The number of piperazine rings is 1. The van der Waals surface area contributed by atoms with E-state index < -0.39 is 0 Å². The predicted octanol–water partition coefficient (Wildman–Crippen LogP) is 0.731. The van der Waals surface area contributed by atoms with Gasteiger partial charge in [-0.25, -0.2) is 4.39 Å². The molecule has 0 aromatic heterocycles. The number of hydrogen-bond donors (Lipinski definition) is 2. The van der Waals surface area contributed by atoms with Gasteiger partial charge in [-0.05, 0) is 43.8 Å². The van der Waals surface area contributed by atoms with Gasteiger partial charge in [0.25, 0.3) is 0 Å². The molecule has 1 aliphatic rings. The van der Waals surface area contributed by atoms with Crippen molar-refractivity contribution >= 4 is 11.6 Å². The first-order valence-corrected chi connectivity index (χ1v) is 7.37. The molecule has 1 heterocycles. The van der Waals surface area contributed by atoms with Crippen LogP contribution in [0.4, 0.5) is 10.1 Å². The highest BCUT2D eigenvalue weighted by atomic mass is 19.1. The molecule has 21 heavy (non-hydrogen) atoms. The molecule has 1 aromatic rings. The molecule has 1 amide bonds. The van der Waals surface area contributed by atoms with Crippen LogP contribution in [0.25, 0.3) is 0 Å². The van der Waals surface area contributed by atoms with E-state index in [4.69, 9.17) is 5.73 Å². The normalized spacial score (nSPS) is 16.9. The zero-order chi connectivity index (χ0) is 15.1. The van der Waals surface area contributed by atoms with E-state index in [1.165, 1.54) is 12.1 Å². The van der Waals surface area contributed by atoms with E-state index in [1.54, 1.807) is 12.1 Å². The molecule has 1 aliphatic heterocycles. The summed E-state index contributed by atoms with van der Waals surface area (Å²) in [7, 11) is 0. The highest BCUT2D eigenvalue weighted by molar-refractivity contribution is 5.92. The lowest BCUT2D eigenvalue weighted by molar-refractivity contribution is -0.117. The summed E-state index contributed by atoms with van der Waals surface area (Å²) < 4.78 is 12.8. The van der Waals surface area contributed by atoms with Crippen LogP contribution in [0.1, 0.15) is 6.42 Å². The zero-order valence-corrected chi connectivity index (χ0v) is 12.2. The maximum absolute atomic E-state index is 12.8. The zero-order valence-electron chi connectivity index (χ0n) is 12.2. The van der Waals surface area contributed by atoms with Crippen LogP contribution in [-0.4, -0.2) is 61.5 Å². The molecule has 0 saturated carbocycles. The Hall–Kier alpha value is -1.50. The van der Waals surface area contributed by atoms with E-state index in [0.717, 1.165) is 45.7 Å². The number of amides is 1. The third kappa shape index (κ3) is 5.41. The van der Waals surface area contributed by atoms with Gasteiger partial charge in [0, 0.05) is 31.9 Å². The van der Waals surface area contributed by atoms with Crippen molar-refractivity contribution in [3.8, 4) is 0 Å². The van der Waals surface area contributed by atoms with Gasteiger partial charge < -0.3 is 16.0 Å². The number of nitrogens with two attached hydrogens (primary N) is 1. The Labute approximate surface area is 124 Å². The summed E-state index contributed by atoms with van der Waals surface area (Å²) >= 11 is 0. The fraction of sp³-hybridized carbons (Fsp3) is 0.533. The fourth-order valence-corrected chi connectivity index (χ4v) is 2.42. The average molecular weight is 294 g/mol. The molecule has 1 saturated heterocycles. The predicted molar refractivity (Wildman–Crippen MR) is 81.6 cm³/mol. The van der Waals surface area contributed by atoms with Crippen LogP contribution in [0.15, 0.2) is 24.3 Å². The van der Waals surface area contributed by atoms with Crippen molar-refractivity contribution in [2.24, 2.45) is 5.73 Å². The Balaban J connectivity index is 1.70. The number of halogens is 1. The minimum absolute atomic E-state index is 0.0583. The van der Waals surface area contributed by atoms with Crippen LogP contribution in [0.5, 0.6) is 0 Å². The van der Waals surface area contributed by atoms with E-state index in [2.05, 4.69) is 15.1 Å². The van der Waals surface area contributed by atoms with Crippen molar-refractivity contribution in [3.05, 3.63) is 30.1 Å². The van der Waals surface area contributed by atoms with Gasteiger partial charge in [-0.1, -0.05) is 0 Å². The lowest BCUT2D eigenvalue weighted by atomic mass is 10.2. The summed E-state index contributed by atoms with van der Waals surface area (Å²) in [5.41, 5.74) is 6.14. The van der Waals surface area contributed by atoms with Crippen molar-refractivity contribution in [3.63, 3.8) is 0 Å². The third-order valence-electron chi connectivity index (χ3n) is 3.64. The van der Waals surface area contributed by atoms with E-state index >= 15 is 0 Å². The largest absolute Gasteiger partial charge is 0.330 e. The Bertz CT molecular complexity index is 443. The van der Waals surface area contributed by atoms with E-state index in [1.807, 2.05) is 0 Å². The monoisotopic (exact) mass is 294 g/mol. The number of carbonyl (C=O) groups excluding carboxylic acids is 1. The molecule has 3 N–H and O–H groups in total. The lowest BCUT2D eigenvalue weighted by Gasteiger charge is -2.34. The molecule has 0 bridgehead atoms. The molecule has 0 radical (unpaired) electrons. The summed E-state index contributed by atoms with van der Waals surface area (Å²) in [5, 5.41) is 2.78. The fourth-order valence-electron chi connectivity index (χ4n) is 2.42. The second-order valence-electron chi connectivity index (χ2n) is 5.32. The highest BCUT2D eigenvalue weighted by Gasteiger charge is 2.18. The van der Waals surface area contributed by atoms with Crippen molar-refractivity contribution in [2.75, 3.05) is 51.1 Å². The van der Waals surface area contributed by atoms with Gasteiger partial charge in [0.15, 0.2) is 0 Å². The molecule has 0 atom stereocenters. The first-order chi connectivity index (χ1) is 10.2. The Morgan fingerprint density at radius 1 is 1.14 bits per heavy atom. The minimum Gasteiger partial charge on any atom is -0.330 e. The summed E-state index contributed by atoms with van der Waals surface area (Å²) in [6.07, 6.45) is 1.02. The molecular formula is C15H23FN4O. The lowest BCUT2D eigenvalue weighted by Crippen LogP contribution is -2.48. The van der Waals surface area contributed by atoms with Crippen molar-refractivity contribution < 1.29 is 9.18 Å². The van der Waals surface area contributed by atoms with Gasteiger partial charge in [0.1, 0.15) is 5.82 Å². The van der Waals surface area contributed by atoms with Crippen LogP contribution >= 0.6 is 0 Å². The topological polar surface area (TPSA) is 61.6 Å². The molecule has 116 valence electrons. The van der Waals surface area contributed by atoms with Crippen LogP contribution in [0.3, 0.4) is 0 Å². The smallest absolute Gasteiger partial charge is 0.238 e. The number of carbonyl (C=O) groups is 1. The minimum atomic E-state index is -0.304. The molecular weight excluding hydrogens is 271 g/mol. The molecule has 0 unspecified atom stereocenters. The van der Waals surface area contributed by atoms with Crippen molar-refractivity contribution in [1.29, 1.82) is 0 Å². The van der Waals surface area contributed by atoms with Gasteiger partial charge in [0.05, 0.1) is 6.54 Å². The molecule has 6 heteroatoms. The summed E-state index contributed by atoms with van der Waals surface area (Å²) in [6, 6.07) is 5.81. The third-order valence-corrected chi connectivity index (χ3v) is 3.64. The molecule has 0 spiro atoms. The van der Waals surface area contributed by atoms with E-state index in [9.17, 15) is 9.18 Å². The molecule has 5 nitrogen and oxygen atoms in total. The van der Waals surface area contributed by atoms with Gasteiger partial charge in [-0.3, -0.25) is 9.69 Å². The quantitative estimate of drug-likeness (QED) is 0.812. The van der Waals surface area contributed by atoms with Crippen LogP contribution in [0.2, 0.25) is 0 Å². The molecule has 1 fully saturated rings. The second-order valence-corrected chi connectivity index (χ2v) is 5.32. The second kappa shape index (κ2) is 8.07. The number of nitrogens with zero attached hydrogens (tertiary/aromatic N) is 2. The number of nitrogens with one attached hydrogen (secondary N) is 1. The van der Waals surface area contributed by atoms with Crippen LogP contribution in [0, 0.1) is 5.82 Å². The first-order valence-electron chi connectivity index (χ1n) is 7.37. The Kier molecular flexibility index (Phi) is 6.10. The average Bonchev–Trinajstić information content (AvgIpc) is 2.49. The van der Waals surface area contributed by atoms with Gasteiger partial charge >= 0.3 is 0 Å². The first kappa shape index (κ1) is 15.9.